The summed E-state index contributed by atoms with van der Waals surface area (Å²) in [5, 5.41) is 8.24. The zero-order valence-electron chi connectivity index (χ0n) is 8.33. The van der Waals surface area contributed by atoms with Crippen molar-refractivity contribution in [1.82, 2.24) is 14.9 Å². The van der Waals surface area contributed by atoms with E-state index < -0.39 is 0 Å². The van der Waals surface area contributed by atoms with Gasteiger partial charge >= 0.3 is 0 Å². The van der Waals surface area contributed by atoms with Crippen LogP contribution in [0.5, 0.6) is 0 Å². The van der Waals surface area contributed by atoms with E-state index in [1.165, 1.54) is 4.68 Å². The number of thiol groups is 1. The predicted molar refractivity (Wildman–Crippen MR) is 61.4 cm³/mol. The van der Waals surface area contributed by atoms with Gasteiger partial charge in [0.1, 0.15) is 0 Å². The molecule has 1 unspecified atom stereocenters. The maximum absolute atomic E-state index is 5.76. The second-order valence-corrected chi connectivity index (χ2v) is 3.76. The van der Waals surface area contributed by atoms with Gasteiger partial charge in [-0.15, -0.1) is 22.8 Å². The molecule has 0 aliphatic heterocycles. The van der Waals surface area contributed by atoms with Crippen molar-refractivity contribution in [3.05, 3.63) is 41.7 Å². The van der Waals surface area contributed by atoms with Crippen molar-refractivity contribution in [2.24, 2.45) is 0 Å². The summed E-state index contributed by atoms with van der Waals surface area (Å²) in [6.45, 7) is 2.04. The van der Waals surface area contributed by atoms with Crippen molar-refractivity contribution in [1.29, 1.82) is 0 Å². The molecule has 0 saturated carbocycles. The molecule has 0 fully saturated rings. The molecule has 78 valence electrons. The Morgan fingerprint density at radius 3 is 2.47 bits per heavy atom. The van der Waals surface area contributed by atoms with Crippen LogP contribution in [0.4, 0.5) is 0 Å². The van der Waals surface area contributed by atoms with Gasteiger partial charge in [0, 0.05) is 5.92 Å². The van der Waals surface area contributed by atoms with Crippen molar-refractivity contribution >= 4 is 12.6 Å². The molecule has 0 saturated heterocycles. The van der Waals surface area contributed by atoms with Crippen LogP contribution in [-0.2, 0) is 0 Å². The molecule has 0 amide bonds. The Morgan fingerprint density at radius 1 is 1.27 bits per heavy atom. The molecular formula is C10H12N4S. The molecule has 2 aromatic rings. The molecule has 1 aromatic heterocycles. The topological polar surface area (TPSA) is 56.7 Å². The molecule has 2 N–H and O–H groups in total. The summed E-state index contributed by atoms with van der Waals surface area (Å²) in [6.07, 6.45) is 0. The number of nitrogens with zero attached hydrogens (tertiary/aromatic N) is 3. The summed E-state index contributed by atoms with van der Waals surface area (Å²) >= 11 is 4.09. The van der Waals surface area contributed by atoms with E-state index in [1.54, 1.807) is 0 Å². The van der Waals surface area contributed by atoms with E-state index in [-0.39, 0.29) is 5.92 Å². The van der Waals surface area contributed by atoms with Gasteiger partial charge in [0.15, 0.2) is 5.82 Å². The van der Waals surface area contributed by atoms with Gasteiger partial charge in [-0.2, -0.15) is 0 Å². The smallest absolute Gasteiger partial charge is 0.206 e. The fourth-order valence-corrected chi connectivity index (χ4v) is 1.63. The number of rotatable bonds is 2. The molecule has 4 nitrogen and oxygen atoms in total. The lowest BCUT2D eigenvalue weighted by Crippen LogP contribution is -2.15. The Kier molecular flexibility index (Phi) is 2.64. The van der Waals surface area contributed by atoms with Crippen molar-refractivity contribution < 1.29 is 0 Å². The fourth-order valence-electron chi connectivity index (χ4n) is 1.48. The highest BCUT2D eigenvalue weighted by Crippen LogP contribution is 2.21. The molecule has 15 heavy (non-hydrogen) atoms. The minimum atomic E-state index is 0.115. The Balaban J connectivity index is 2.37. The molecule has 1 heterocycles. The SMILES string of the molecule is CC(c1ccccc1)c1nnc(S)n1N. The van der Waals surface area contributed by atoms with E-state index in [0.717, 1.165) is 5.56 Å². The Morgan fingerprint density at radius 2 is 1.93 bits per heavy atom. The van der Waals surface area contributed by atoms with Crippen LogP contribution in [0.1, 0.15) is 24.2 Å². The Bertz CT molecular complexity index is 452. The summed E-state index contributed by atoms with van der Waals surface area (Å²) in [6, 6.07) is 10.0. The molecule has 1 aromatic carbocycles. The van der Waals surface area contributed by atoms with Crippen LogP contribution in [0, 0.1) is 0 Å². The molecule has 0 aliphatic carbocycles. The first-order valence-corrected chi connectivity index (χ1v) is 5.09. The standard InChI is InChI=1S/C10H12N4S/c1-7(8-5-3-2-4-6-8)9-12-13-10(15)14(9)11/h2-7H,11H2,1H3,(H,13,15). The van der Waals surface area contributed by atoms with Gasteiger partial charge in [-0.3, -0.25) is 0 Å². The first kappa shape index (κ1) is 10.0. The van der Waals surface area contributed by atoms with E-state index in [1.807, 2.05) is 37.3 Å². The zero-order valence-corrected chi connectivity index (χ0v) is 9.22. The highest BCUT2D eigenvalue weighted by atomic mass is 32.1. The lowest BCUT2D eigenvalue weighted by Gasteiger charge is -2.10. The van der Waals surface area contributed by atoms with Gasteiger partial charge in [0.05, 0.1) is 0 Å². The van der Waals surface area contributed by atoms with Crippen molar-refractivity contribution in [3.8, 4) is 0 Å². The monoisotopic (exact) mass is 220 g/mol. The van der Waals surface area contributed by atoms with Gasteiger partial charge < -0.3 is 5.84 Å². The lowest BCUT2D eigenvalue weighted by atomic mass is 10.0. The molecule has 1 atom stereocenters. The Hall–Kier alpha value is -1.49. The predicted octanol–water partition coefficient (Wildman–Crippen LogP) is 1.43. The van der Waals surface area contributed by atoms with Crippen LogP contribution in [0.15, 0.2) is 35.5 Å². The van der Waals surface area contributed by atoms with E-state index in [4.69, 9.17) is 5.84 Å². The third-order valence-corrected chi connectivity index (χ3v) is 2.70. The normalized spacial score (nSPS) is 12.7. The van der Waals surface area contributed by atoms with Crippen molar-refractivity contribution in [3.63, 3.8) is 0 Å². The Labute approximate surface area is 93.5 Å². The number of nitrogens with two attached hydrogens (primary N) is 1. The number of benzene rings is 1. The van der Waals surface area contributed by atoms with Crippen LogP contribution in [0.2, 0.25) is 0 Å². The highest BCUT2D eigenvalue weighted by molar-refractivity contribution is 7.80. The van der Waals surface area contributed by atoms with Crippen LogP contribution in [-0.4, -0.2) is 14.9 Å². The molecule has 5 heteroatoms. The largest absolute Gasteiger partial charge is 0.336 e. The minimum absolute atomic E-state index is 0.115. The molecule has 0 aliphatic rings. The molecule has 2 rings (SSSR count). The van der Waals surface area contributed by atoms with Crippen LogP contribution < -0.4 is 5.84 Å². The lowest BCUT2D eigenvalue weighted by molar-refractivity contribution is 0.740. The van der Waals surface area contributed by atoms with E-state index in [9.17, 15) is 0 Å². The molecule has 0 spiro atoms. The number of hydrogen-bond donors (Lipinski definition) is 2. The summed E-state index contributed by atoms with van der Waals surface area (Å²) < 4.78 is 1.40. The first-order valence-electron chi connectivity index (χ1n) is 4.64. The molecule has 0 radical (unpaired) electrons. The third kappa shape index (κ3) is 1.83. The van der Waals surface area contributed by atoms with Crippen molar-refractivity contribution in [2.45, 2.75) is 18.0 Å². The van der Waals surface area contributed by atoms with Gasteiger partial charge in [-0.25, -0.2) is 4.68 Å². The minimum Gasteiger partial charge on any atom is -0.336 e. The van der Waals surface area contributed by atoms with Crippen LogP contribution >= 0.6 is 12.6 Å². The molecular weight excluding hydrogens is 208 g/mol. The van der Waals surface area contributed by atoms with Crippen LogP contribution in [0.25, 0.3) is 0 Å². The number of aromatic nitrogens is 3. The summed E-state index contributed by atoms with van der Waals surface area (Å²) in [4.78, 5) is 0. The number of nitrogen functional groups attached to an aromatic ring is 1. The summed E-state index contributed by atoms with van der Waals surface area (Å²) in [7, 11) is 0. The third-order valence-electron chi connectivity index (χ3n) is 2.39. The van der Waals surface area contributed by atoms with Gasteiger partial charge in [0.25, 0.3) is 0 Å². The summed E-state index contributed by atoms with van der Waals surface area (Å²) in [5.74, 6) is 6.59. The first-order chi connectivity index (χ1) is 7.20. The zero-order chi connectivity index (χ0) is 10.8. The summed E-state index contributed by atoms with van der Waals surface area (Å²) in [5.41, 5.74) is 1.16. The van der Waals surface area contributed by atoms with E-state index in [0.29, 0.717) is 11.0 Å². The average molecular weight is 220 g/mol. The van der Waals surface area contributed by atoms with Gasteiger partial charge in [-0.1, -0.05) is 37.3 Å². The van der Waals surface area contributed by atoms with Gasteiger partial charge in [0.2, 0.25) is 5.16 Å². The second kappa shape index (κ2) is 3.94. The molecule has 0 bridgehead atoms. The maximum Gasteiger partial charge on any atom is 0.206 e. The second-order valence-electron chi connectivity index (χ2n) is 3.36. The van der Waals surface area contributed by atoms with E-state index >= 15 is 0 Å². The fraction of sp³-hybridized carbons (Fsp3) is 0.200. The number of hydrogen-bond acceptors (Lipinski definition) is 4. The van der Waals surface area contributed by atoms with Gasteiger partial charge in [-0.05, 0) is 5.56 Å². The quantitative estimate of drug-likeness (QED) is 0.594. The average Bonchev–Trinajstić information content (AvgIpc) is 2.60. The van der Waals surface area contributed by atoms with Crippen LogP contribution in [0.3, 0.4) is 0 Å². The highest BCUT2D eigenvalue weighted by Gasteiger charge is 2.15. The van der Waals surface area contributed by atoms with E-state index in [2.05, 4.69) is 22.8 Å². The van der Waals surface area contributed by atoms with Crippen molar-refractivity contribution in [2.75, 3.05) is 5.84 Å². The maximum atomic E-state index is 5.76.